The molecule has 180 valence electrons. The number of thiocarbonyl (C=S) groups is 1. The van der Waals surface area contributed by atoms with Gasteiger partial charge in [-0.15, -0.1) is 0 Å². The van der Waals surface area contributed by atoms with Crippen molar-refractivity contribution in [1.82, 2.24) is 10.6 Å². The van der Waals surface area contributed by atoms with Crippen molar-refractivity contribution < 1.29 is 19.0 Å². The molecule has 33 heavy (non-hydrogen) atoms. The van der Waals surface area contributed by atoms with Crippen molar-refractivity contribution in [2.75, 3.05) is 20.3 Å². The van der Waals surface area contributed by atoms with Crippen LogP contribution in [0.3, 0.4) is 0 Å². The number of halogens is 1. The van der Waals surface area contributed by atoms with Crippen molar-refractivity contribution in [1.29, 1.82) is 0 Å². The summed E-state index contributed by atoms with van der Waals surface area (Å²) in [5.74, 6) is 2.37. The van der Waals surface area contributed by atoms with Crippen LogP contribution in [0.25, 0.3) is 0 Å². The second kappa shape index (κ2) is 14.1. The van der Waals surface area contributed by atoms with Gasteiger partial charge < -0.3 is 19.5 Å². The van der Waals surface area contributed by atoms with Crippen LogP contribution in [0.1, 0.15) is 56.0 Å². The number of benzene rings is 2. The summed E-state index contributed by atoms with van der Waals surface area (Å²) in [6.07, 6.45) is 3.03. The third kappa shape index (κ3) is 9.21. The highest BCUT2D eigenvalue weighted by Gasteiger charge is 2.12. The van der Waals surface area contributed by atoms with Crippen LogP contribution in [0, 0.1) is 5.92 Å². The molecule has 2 rings (SSSR count). The zero-order valence-electron chi connectivity index (χ0n) is 19.7. The number of rotatable bonds is 12. The van der Waals surface area contributed by atoms with E-state index in [1.165, 1.54) is 0 Å². The van der Waals surface area contributed by atoms with E-state index in [-0.39, 0.29) is 11.0 Å². The Morgan fingerprint density at radius 2 is 1.79 bits per heavy atom. The molecule has 6 nitrogen and oxygen atoms in total. The summed E-state index contributed by atoms with van der Waals surface area (Å²) in [6, 6.07) is 11.0. The zero-order valence-corrected chi connectivity index (χ0v) is 22.1. The van der Waals surface area contributed by atoms with Crippen LogP contribution in [0.2, 0.25) is 0 Å². The van der Waals surface area contributed by atoms with Crippen molar-refractivity contribution >= 4 is 39.2 Å². The Hall–Kier alpha value is -2.32. The van der Waals surface area contributed by atoms with Gasteiger partial charge in [0.1, 0.15) is 5.75 Å². The van der Waals surface area contributed by atoms with Crippen LogP contribution in [-0.2, 0) is 6.54 Å². The minimum Gasteiger partial charge on any atom is -0.493 e. The van der Waals surface area contributed by atoms with Gasteiger partial charge in [0.2, 0.25) is 0 Å². The van der Waals surface area contributed by atoms with Gasteiger partial charge in [0.25, 0.3) is 5.91 Å². The molecule has 0 aromatic heterocycles. The van der Waals surface area contributed by atoms with E-state index < -0.39 is 0 Å². The van der Waals surface area contributed by atoms with Gasteiger partial charge >= 0.3 is 0 Å². The molecule has 0 aliphatic heterocycles. The first kappa shape index (κ1) is 26.9. The molecular weight excluding hydrogens is 504 g/mol. The molecule has 0 heterocycles. The molecule has 0 saturated heterocycles. The lowest BCUT2D eigenvalue weighted by atomic mass is 10.1. The topological polar surface area (TPSA) is 68.8 Å². The van der Waals surface area contributed by atoms with E-state index in [0.29, 0.717) is 48.5 Å². The highest BCUT2D eigenvalue weighted by Crippen LogP contribution is 2.28. The van der Waals surface area contributed by atoms with E-state index in [1.54, 1.807) is 25.3 Å². The predicted molar refractivity (Wildman–Crippen MR) is 139 cm³/mol. The van der Waals surface area contributed by atoms with Gasteiger partial charge in [0, 0.05) is 12.1 Å². The second-order valence-corrected chi connectivity index (χ2v) is 9.26. The molecule has 1 amide bonds. The molecule has 0 saturated carbocycles. The van der Waals surface area contributed by atoms with E-state index in [4.69, 9.17) is 26.4 Å². The molecule has 0 unspecified atom stereocenters. The van der Waals surface area contributed by atoms with Gasteiger partial charge in [-0.1, -0.05) is 33.3 Å². The fourth-order valence-electron chi connectivity index (χ4n) is 2.83. The monoisotopic (exact) mass is 536 g/mol. The van der Waals surface area contributed by atoms with E-state index in [2.05, 4.69) is 47.3 Å². The molecule has 0 atom stereocenters. The molecule has 0 bridgehead atoms. The van der Waals surface area contributed by atoms with E-state index >= 15 is 0 Å². The van der Waals surface area contributed by atoms with Crippen LogP contribution in [0.5, 0.6) is 17.2 Å². The quantitative estimate of drug-likeness (QED) is 0.261. The zero-order chi connectivity index (χ0) is 24.2. The molecule has 2 aromatic rings. The lowest BCUT2D eigenvalue weighted by molar-refractivity contribution is 0.0976. The minimum absolute atomic E-state index is 0.246. The lowest BCUT2D eigenvalue weighted by Gasteiger charge is -2.14. The second-order valence-electron chi connectivity index (χ2n) is 8.00. The van der Waals surface area contributed by atoms with Crippen molar-refractivity contribution in [3.8, 4) is 17.2 Å². The molecule has 2 aromatic carbocycles. The van der Waals surface area contributed by atoms with Gasteiger partial charge in [-0.2, -0.15) is 0 Å². The van der Waals surface area contributed by atoms with Gasteiger partial charge in [-0.05, 0) is 82.8 Å². The summed E-state index contributed by atoms with van der Waals surface area (Å²) in [6.45, 7) is 8.15. The first-order valence-corrected chi connectivity index (χ1v) is 12.3. The SMILES string of the molecule is CCCCOc1ccc(CNC(=S)NC(=O)c2ccc(OCCC(C)C)c(Br)c2)cc1OC. The van der Waals surface area contributed by atoms with Crippen molar-refractivity contribution in [3.05, 3.63) is 52.0 Å². The number of amides is 1. The van der Waals surface area contributed by atoms with Crippen molar-refractivity contribution in [2.24, 2.45) is 5.92 Å². The molecule has 0 aliphatic carbocycles. The summed E-state index contributed by atoms with van der Waals surface area (Å²) >= 11 is 8.77. The highest BCUT2D eigenvalue weighted by molar-refractivity contribution is 9.10. The number of carbonyl (C=O) groups excluding carboxylic acids is 1. The van der Waals surface area contributed by atoms with Gasteiger partial charge in [0.05, 0.1) is 24.8 Å². The third-order valence-electron chi connectivity index (χ3n) is 4.81. The highest BCUT2D eigenvalue weighted by atomic mass is 79.9. The summed E-state index contributed by atoms with van der Waals surface area (Å²) in [5, 5.41) is 6.01. The standard InChI is InChI=1S/C25H33BrN2O4S/c1-5-6-12-31-22-9-7-18(14-23(22)30-4)16-27-25(33)28-24(29)19-8-10-21(20(26)15-19)32-13-11-17(2)3/h7-10,14-15,17H,5-6,11-13,16H2,1-4H3,(H2,27,28,29,33). The normalized spacial score (nSPS) is 10.6. The maximum Gasteiger partial charge on any atom is 0.257 e. The van der Waals surface area contributed by atoms with E-state index in [0.717, 1.165) is 29.3 Å². The average Bonchev–Trinajstić information content (AvgIpc) is 2.79. The molecule has 0 spiro atoms. The molecule has 0 fully saturated rings. The van der Waals surface area contributed by atoms with Gasteiger partial charge in [0.15, 0.2) is 16.6 Å². The minimum atomic E-state index is -0.292. The lowest BCUT2D eigenvalue weighted by Crippen LogP contribution is -2.38. The van der Waals surface area contributed by atoms with Gasteiger partial charge in [-0.3, -0.25) is 10.1 Å². The predicted octanol–water partition coefficient (Wildman–Crippen LogP) is 5.87. The smallest absolute Gasteiger partial charge is 0.257 e. The summed E-state index contributed by atoms with van der Waals surface area (Å²) in [7, 11) is 1.61. The van der Waals surface area contributed by atoms with Crippen LogP contribution < -0.4 is 24.8 Å². The van der Waals surface area contributed by atoms with E-state index in [1.807, 2.05) is 18.2 Å². The van der Waals surface area contributed by atoms with E-state index in [9.17, 15) is 4.79 Å². The molecule has 8 heteroatoms. The number of hydrogen-bond donors (Lipinski definition) is 2. The average molecular weight is 538 g/mol. The Bertz CT molecular complexity index is 937. The number of methoxy groups -OCH3 is 1. The first-order valence-electron chi connectivity index (χ1n) is 11.1. The largest absolute Gasteiger partial charge is 0.493 e. The number of ether oxygens (including phenoxy) is 3. The number of carbonyl (C=O) groups is 1. The number of unbranched alkanes of at least 4 members (excludes halogenated alkanes) is 1. The molecular formula is C25H33BrN2O4S. The summed E-state index contributed by atoms with van der Waals surface area (Å²) < 4.78 is 17.7. The Morgan fingerprint density at radius 1 is 1.06 bits per heavy atom. The fourth-order valence-corrected chi connectivity index (χ4v) is 3.49. The maximum atomic E-state index is 12.6. The summed E-state index contributed by atoms with van der Waals surface area (Å²) in [4.78, 5) is 12.6. The molecule has 2 N–H and O–H groups in total. The molecule has 0 radical (unpaired) electrons. The van der Waals surface area contributed by atoms with Crippen molar-refractivity contribution in [2.45, 2.75) is 46.6 Å². The van der Waals surface area contributed by atoms with Crippen molar-refractivity contribution in [3.63, 3.8) is 0 Å². The number of nitrogens with one attached hydrogen (secondary N) is 2. The maximum absolute atomic E-state index is 12.6. The summed E-state index contributed by atoms with van der Waals surface area (Å²) in [5.41, 5.74) is 1.44. The van der Waals surface area contributed by atoms with Crippen LogP contribution in [-0.4, -0.2) is 31.3 Å². The Kier molecular flexibility index (Phi) is 11.5. The Labute approximate surface area is 210 Å². The first-order chi connectivity index (χ1) is 15.8. The van der Waals surface area contributed by atoms with Gasteiger partial charge in [-0.25, -0.2) is 0 Å². The number of hydrogen-bond acceptors (Lipinski definition) is 5. The Balaban J connectivity index is 1.87. The molecule has 0 aliphatic rings. The van der Waals surface area contributed by atoms with Crippen LogP contribution in [0.4, 0.5) is 0 Å². The third-order valence-corrected chi connectivity index (χ3v) is 5.68. The van der Waals surface area contributed by atoms with Crippen LogP contribution in [0.15, 0.2) is 40.9 Å². The fraction of sp³-hybridized carbons (Fsp3) is 0.440. The Morgan fingerprint density at radius 3 is 2.45 bits per heavy atom. The van der Waals surface area contributed by atoms with Crippen LogP contribution >= 0.6 is 28.1 Å².